The minimum absolute atomic E-state index is 0.354. The predicted molar refractivity (Wildman–Crippen MR) is 88.5 cm³/mol. The van der Waals surface area contributed by atoms with Gasteiger partial charge in [0.15, 0.2) is 0 Å². The highest BCUT2D eigenvalue weighted by molar-refractivity contribution is 6.15. The number of likely N-dealkylation sites (N-methyl/N-ethyl adjacent to an activating group) is 1. The van der Waals surface area contributed by atoms with Crippen LogP contribution in [0.5, 0.6) is 5.75 Å². The lowest BCUT2D eigenvalue weighted by Gasteiger charge is -2.35. The van der Waals surface area contributed by atoms with Gasteiger partial charge in [-0.3, -0.25) is 14.3 Å². The van der Waals surface area contributed by atoms with E-state index in [0.717, 1.165) is 12.1 Å². The number of fused-ring (bicyclic) bond motifs is 1. The number of carbonyl (C=O) groups is 2. The molecule has 0 fully saturated rings. The maximum atomic E-state index is 12.8. The topological polar surface area (TPSA) is 76.5 Å². The van der Waals surface area contributed by atoms with Crippen LogP contribution in [0, 0.1) is 0 Å². The fourth-order valence-corrected chi connectivity index (χ4v) is 2.68. The Morgan fingerprint density at radius 1 is 1.42 bits per heavy atom. The van der Waals surface area contributed by atoms with E-state index in [4.69, 9.17) is 4.74 Å². The Bertz CT molecular complexity index is 786. The number of rotatable bonds is 4. The summed E-state index contributed by atoms with van der Waals surface area (Å²) >= 11 is 0. The summed E-state index contributed by atoms with van der Waals surface area (Å²) in [6, 6.07) is 7.06. The highest BCUT2D eigenvalue weighted by Gasteiger charge is 2.48. The third-order valence-corrected chi connectivity index (χ3v) is 4.07. The molecule has 1 unspecified atom stereocenters. The maximum Gasteiger partial charge on any atom is 0.278 e. The van der Waals surface area contributed by atoms with Gasteiger partial charge < -0.3 is 15.0 Å². The third-order valence-electron chi connectivity index (χ3n) is 4.07. The number of nitrogens with one attached hydrogen (secondary N) is 1. The van der Waals surface area contributed by atoms with E-state index in [1.807, 2.05) is 13.1 Å². The number of benzene rings is 1. The van der Waals surface area contributed by atoms with Crippen LogP contribution in [0.15, 0.2) is 36.7 Å². The smallest absolute Gasteiger partial charge is 0.278 e. The molecule has 1 aliphatic heterocycles. The molecule has 2 aromatic rings. The lowest BCUT2D eigenvalue weighted by atomic mass is 10.0. The number of hydrogen-bond acceptors (Lipinski definition) is 4. The largest absolute Gasteiger partial charge is 0.466 e. The first kappa shape index (κ1) is 16.0. The van der Waals surface area contributed by atoms with Gasteiger partial charge in [0.05, 0.1) is 11.9 Å². The Balaban J connectivity index is 1.79. The van der Waals surface area contributed by atoms with Crippen LogP contribution in [0.3, 0.4) is 0 Å². The Hall–Kier alpha value is -2.83. The van der Waals surface area contributed by atoms with Gasteiger partial charge in [-0.05, 0) is 26.0 Å². The van der Waals surface area contributed by atoms with E-state index in [-0.39, 0.29) is 0 Å². The average molecular weight is 328 g/mol. The minimum Gasteiger partial charge on any atom is -0.466 e. The van der Waals surface area contributed by atoms with E-state index in [1.165, 1.54) is 11.8 Å². The van der Waals surface area contributed by atoms with Gasteiger partial charge in [-0.25, -0.2) is 0 Å². The first-order chi connectivity index (χ1) is 11.4. The number of ether oxygens (including phenoxy) is 1. The van der Waals surface area contributed by atoms with E-state index >= 15 is 0 Å². The van der Waals surface area contributed by atoms with Crippen molar-refractivity contribution in [3.8, 4) is 5.75 Å². The van der Waals surface area contributed by atoms with Gasteiger partial charge in [-0.15, -0.1) is 0 Å². The average Bonchev–Trinajstić information content (AvgIpc) is 3.02. The zero-order chi connectivity index (χ0) is 17.3. The van der Waals surface area contributed by atoms with Crippen molar-refractivity contribution >= 4 is 17.5 Å². The van der Waals surface area contributed by atoms with Gasteiger partial charge in [0, 0.05) is 31.9 Å². The summed E-state index contributed by atoms with van der Waals surface area (Å²) in [6.07, 6.45) is 3.59. The highest BCUT2D eigenvalue weighted by atomic mass is 16.5. The summed E-state index contributed by atoms with van der Waals surface area (Å²) in [5.41, 5.74) is -0.128. The monoisotopic (exact) mass is 328 g/mol. The molecule has 1 atom stereocenters. The molecule has 126 valence electrons. The van der Waals surface area contributed by atoms with Crippen molar-refractivity contribution in [3.05, 3.63) is 42.2 Å². The predicted octanol–water partition coefficient (Wildman–Crippen LogP) is 1.65. The number of anilines is 1. The van der Waals surface area contributed by atoms with Crippen LogP contribution in [0.2, 0.25) is 0 Å². The number of hydrogen-bond donors (Lipinski definition) is 1. The van der Waals surface area contributed by atoms with Gasteiger partial charge in [0.1, 0.15) is 5.75 Å². The van der Waals surface area contributed by atoms with Crippen molar-refractivity contribution in [2.75, 3.05) is 12.4 Å². The van der Waals surface area contributed by atoms with Crippen molar-refractivity contribution in [2.45, 2.75) is 32.5 Å². The van der Waals surface area contributed by atoms with Crippen LogP contribution < -0.4 is 10.1 Å². The molecular weight excluding hydrogens is 308 g/mol. The van der Waals surface area contributed by atoms with Gasteiger partial charge in [0.25, 0.3) is 17.4 Å². The molecule has 7 heteroatoms. The molecule has 1 aromatic carbocycles. The summed E-state index contributed by atoms with van der Waals surface area (Å²) in [5, 5.41) is 6.93. The Labute approximate surface area is 140 Å². The molecule has 2 amide bonds. The van der Waals surface area contributed by atoms with E-state index < -0.39 is 17.4 Å². The molecule has 7 nitrogen and oxygen atoms in total. The molecule has 1 aromatic heterocycles. The first-order valence-electron chi connectivity index (χ1n) is 7.80. The molecule has 0 spiro atoms. The lowest BCUT2D eigenvalue weighted by Crippen LogP contribution is -2.58. The van der Waals surface area contributed by atoms with Crippen LogP contribution >= 0.6 is 0 Å². The molecule has 1 N–H and O–H groups in total. The van der Waals surface area contributed by atoms with E-state index in [2.05, 4.69) is 10.4 Å². The molecule has 2 heterocycles. The van der Waals surface area contributed by atoms with Gasteiger partial charge in [-0.1, -0.05) is 12.1 Å². The molecule has 0 saturated carbocycles. The first-order valence-corrected chi connectivity index (χ1v) is 7.80. The highest BCUT2D eigenvalue weighted by Crippen LogP contribution is 2.34. The number of para-hydroxylation sites is 2. The summed E-state index contributed by atoms with van der Waals surface area (Å²) in [6.45, 7) is 4.60. The van der Waals surface area contributed by atoms with Crippen molar-refractivity contribution in [2.24, 2.45) is 0 Å². The number of carbonyl (C=O) groups excluding carboxylic acids is 2. The van der Waals surface area contributed by atoms with Gasteiger partial charge in [0.2, 0.25) is 0 Å². The second kappa shape index (κ2) is 5.99. The van der Waals surface area contributed by atoms with Crippen molar-refractivity contribution in [1.82, 2.24) is 14.7 Å². The van der Waals surface area contributed by atoms with E-state index in [9.17, 15) is 9.59 Å². The van der Waals surface area contributed by atoms with E-state index in [1.54, 1.807) is 42.2 Å². The Kier molecular flexibility index (Phi) is 4.01. The number of aryl methyl sites for hydroxylation is 1. The van der Waals surface area contributed by atoms with Crippen LogP contribution in [-0.2, 0) is 22.7 Å². The molecule has 24 heavy (non-hydrogen) atoms. The summed E-state index contributed by atoms with van der Waals surface area (Å²) in [5.74, 6) is -0.388. The van der Waals surface area contributed by atoms with Crippen LogP contribution in [0.1, 0.15) is 19.4 Å². The summed E-state index contributed by atoms with van der Waals surface area (Å²) < 4.78 is 7.54. The standard InChI is InChI=1S/C17H20N4O3/c1-4-21-11-12(9-18-21)10-20(3)16(23)17(2)15(22)19-13-7-5-6-8-14(13)24-17/h5-9,11H,4,10H2,1-3H3,(H,19,22). The van der Waals surface area contributed by atoms with Gasteiger partial charge in [-0.2, -0.15) is 5.10 Å². The molecule has 0 radical (unpaired) electrons. The quantitative estimate of drug-likeness (QED) is 0.866. The second-order valence-corrected chi connectivity index (χ2v) is 5.95. The number of amides is 2. The number of nitrogens with zero attached hydrogens (tertiary/aromatic N) is 3. The van der Waals surface area contributed by atoms with Crippen molar-refractivity contribution in [3.63, 3.8) is 0 Å². The Morgan fingerprint density at radius 2 is 2.17 bits per heavy atom. The fraction of sp³-hybridized carbons (Fsp3) is 0.353. The maximum absolute atomic E-state index is 12.8. The zero-order valence-electron chi connectivity index (χ0n) is 13.9. The zero-order valence-corrected chi connectivity index (χ0v) is 13.9. The second-order valence-electron chi connectivity index (χ2n) is 5.95. The summed E-state index contributed by atoms with van der Waals surface area (Å²) in [7, 11) is 1.65. The molecular formula is C17H20N4O3. The minimum atomic E-state index is -1.59. The van der Waals surface area contributed by atoms with E-state index in [0.29, 0.717) is 18.0 Å². The normalized spacial score (nSPS) is 19.2. The summed E-state index contributed by atoms with van der Waals surface area (Å²) in [4.78, 5) is 26.7. The molecule has 0 aliphatic carbocycles. The number of aromatic nitrogens is 2. The van der Waals surface area contributed by atoms with Crippen molar-refractivity contribution in [1.29, 1.82) is 0 Å². The fourth-order valence-electron chi connectivity index (χ4n) is 2.68. The van der Waals surface area contributed by atoms with Crippen molar-refractivity contribution < 1.29 is 14.3 Å². The van der Waals surface area contributed by atoms with Crippen LogP contribution in [0.25, 0.3) is 0 Å². The SMILES string of the molecule is CCn1cc(CN(C)C(=O)C2(C)Oc3ccccc3NC2=O)cn1. The van der Waals surface area contributed by atoms with Crippen LogP contribution in [0.4, 0.5) is 5.69 Å². The third kappa shape index (κ3) is 2.73. The Morgan fingerprint density at radius 3 is 2.88 bits per heavy atom. The lowest BCUT2D eigenvalue weighted by molar-refractivity contribution is -0.154. The van der Waals surface area contributed by atoms with Crippen LogP contribution in [-0.4, -0.2) is 39.1 Å². The molecule has 1 aliphatic rings. The molecule has 0 bridgehead atoms. The molecule has 3 rings (SSSR count). The van der Waals surface area contributed by atoms with Gasteiger partial charge >= 0.3 is 0 Å². The molecule has 0 saturated heterocycles.